The maximum atomic E-state index is 11.8. The van der Waals surface area contributed by atoms with Crippen molar-refractivity contribution in [2.75, 3.05) is 19.6 Å². The van der Waals surface area contributed by atoms with Crippen molar-refractivity contribution < 1.29 is 18.3 Å². The zero-order chi connectivity index (χ0) is 10.5. The Morgan fingerprint density at radius 2 is 2.08 bits per heavy atom. The molecule has 0 aliphatic rings. The molecule has 0 bridgehead atoms. The van der Waals surface area contributed by atoms with Gasteiger partial charge in [-0.1, -0.05) is 6.92 Å². The Morgan fingerprint density at radius 1 is 1.54 bits per heavy atom. The average molecular weight is 196 g/mol. The number of halogens is 3. The van der Waals surface area contributed by atoms with Gasteiger partial charge in [-0.05, 0) is 6.54 Å². The molecule has 0 rings (SSSR count). The van der Waals surface area contributed by atoms with Gasteiger partial charge in [0.25, 0.3) is 0 Å². The highest BCUT2D eigenvalue weighted by Gasteiger charge is 2.38. The van der Waals surface area contributed by atoms with Gasteiger partial charge in [-0.25, -0.2) is 0 Å². The topological polar surface area (TPSA) is 47.3 Å². The zero-order valence-corrected chi connectivity index (χ0v) is 7.17. The summed E-state index contributed by atoms with van der Waals surface area (Å²) in [4.78, 5) is 1.22. The third kappa shape index (κ3) is 4.70. The molecule has 1 atom stereocenters. The van der Waals surface area contributed by atoms with E-state index in [2.05, 4.69) is 0 Å². The van der Waals surface area contributed by atoms with E-state index in [1.165, 1.54) is 4.90 Å². The number of likely N-dealkylation sites (N-methyl/N-ethyl adjacent to an activating group) is 1. The highest BCUT2D eigenvalue weighted by atomic mass is 19.4. The van der Waals surface area contributed by atoms with Crippen LogP contribution in [0.25, 0.3) is 0 Å². The maximum Gasteiger partial charge on any atom is 0.415 e. The molecule has 0 heterocycles. The fraction of sp³-hybridized carbons (Fsp3) is 0.857. The molecule has 6 heteroatoms. The zero-order valence-electron chi connectivity index (χ0n) is 7.17. The van der Waals surface area contributed by atoms with Crippen molar-refractivity contribution in [2.24, 2.45) is 0 Å². The Hall–Kier alpha value is -0.800. The van der Waals surface area contributed by atoms with Gasteiger partial charge in [-0.2, -0.15) is 18.4 Å². The van der Waals surface area contributed by atoms with Crippen LogP contribution in [0, 0.1) is 11.3 Å². The van der Waals surface area contributed by atoms with Crippen molar-refractivity contribution in [3.63, 3.8) is 0 Å². The number of nitriles is 1. The van der Waals surface area contributed by atoms with Crippen molar-refractivity contribution in [1.29, 1.82) is 5.26 Å². The molecular weight excluding hydrogens is 185 g/mol. The Kier molecular flexibility index (Phi) is 4.73. The largest absolute Gasteiger partial charge is 0.415 e. The highest BCUT2D eigenvalue weighted by Crippen LogP contribution is 2.20. The van der Waals surface area contributed by atoms with Gasteiger partial charge < -0.3 is 5.11 Å². The molecule has 1 N–H and O–H groups in total. The Balaban J connectivity index is 4.02. The summed E-state index contributed by atoms with van der Waals surface area (Å²) in [7, 11) is 0. The SMILES string of the molecule is CCN(CC#N)CC(O)C(F)(F)F. The minimum Gasteiger partial charge on any atom is -0.382 e. The van der Waals surface area contributed by atoms with E-state index < -0.39 is 18.8 Å². The lowest BCUT2D eigenvalue weighted by atomic mass is 10.3. The van der Waals surface area contributed by atoms with Crippen molar-refractivity contribution in [2.45, 2.75) is 19.2 Å². The van der Waals surface area contributed by atoms with Crippen LogP contribution in [0.5, 0.6) is 0 Å². The van der Waals surface area contributed by atoms with Gasteiger partial charge in [0.2, 0.25) is 0 Å². The summed E-state index contributed by atoms with van der Waals surface area (Å²) in [6.45, 7) is 1.28. The quantitative estimate of drug-likeness (QED) is 0.675. The standard InChI is InChI=1S/C7H11F3N2O/c1-2-12(4-3-11)5-6(13)7(8,9)10/h6,13H,2,4-5H2,1H3. The van der Waals surface area contributed by atoms with E-state index in [1.54, 1.807) is 13.0 Å². The molecule has 0 saturated heterocycles. The van der Waals surface area contributed by atoms with Crippen molar-refractivity contribution >= 4 is 0 Å². The van der Waals surface area contributed by atoms with E-state index in [0.717, 1.165) is 0 Å². The molecule has 0 aliphatic carbocycles. The highest BCUT2D eigenvalue weighted by molar-refractivity contribution is 4.79. The van der Waals surface area contributed by atoms with Crippen LogP contribution in [0.15, 0.2) is 0 Å². The van der Waals surface area contributed by atoms with Crippen LogP contribution >= 0.6 is 0 Å². The van der Waals surface area contributed by atoms with Crippen molar-refractivity contribution in [3.05, 3.63) is 0 Å². The van der Waals surface area contributed by atoms with E-state index in [-0.39, 0.29) is 6.54 Å². The second kappa shape index (κ2) is 5.04. The molecule has 3 nitrogen and oxygen atoms in total. The van der Waals surface area contributed by atoms with Crippen LogP contribution in [-0.2, 0) is 0 Å². The summed E-state index contributed by atoms with van der Waals surface area (Å²) in [5.74, 6) is 0. The van der Waals surface area contributed by atoms with Crippen LogP contribution in [-0.4, -0.2) is 41.9 Å². The first-order valence-electron chi connectivity index (χ1n) is 3.76. The molecule has 0 spiro atoms. The van der Waals surface area contributed by atoms with E-state index in [4.69, 9.17) is 10.4 Å². The molecule has 0 aliphatic heterocycles. The molecule has 0 aromatic heterocycles. The van der Waals surface area contributed by atoms with Gasteiger partial charge in [0.15, 0.2) is 6.10 Å². The van der Waals surface area contributed by atoms with Gasteiger partial charge >= 0.3 is 6.18 Å². The predicted octanol–water partition coefficient (Wildman–Crippen LogP) is 0.755. The van der Waals surface area contributed by atoms with Crippen LogP contribution in [0.4, 0.5) is 13.2 Å². The summed E-state index contributed by atoms with van der Waals surface area (Å²) >= 11 is 0. The van der Waals surface area contributed by atoms with E-state index in [1.807, 2.05) is 0 Å². The lowest BCUT2D eigenvalue weighted by Crippen LogP contribution is -2.41. The van der Waals surface area contributed by atoms with Crippen LogP contribution in [0.2, 0.25) is 0 Å². The first kappa shape index (κ1) is 12.2. The summed E-state index contributed by atoms with van der Waals surface area (Å²) < 4.78 is 35.5. The number of aliphatic hydroxyl groups is 1. The average Bonchev–Trinajstić information content (AvgIpc) is 2.01. The minimum atomic E-state index is -4.61. The minimum absolute atomic E-state index is 0.108. The van der Waals surface area contributed by atoms with Gasteiger partial charge in [-0.15, -0.1) is 0 Å². The van der Waals surface area contributed by atoms with Crippen molar-refractivity contribution in [1.82, 2.24) is 4.90 Å². The third-order valence-electron chi connectivity index (χ3n) is 1.55. The molecule has 0 aromatic carbocycles. The Morgan fingerprint density at radius 3 is 2.38 bits per heavy atom. The number of hydrogen-bond donors (Lipinski definition) is 1. The molecule has 0 radical (unpaired) electrons. The first-order valence-corrected chi connectivity index (χ1v) is 3.76. The van der Waals surface area contributed by atoms with E-state index in [0.29, 0.717) is 6.54 Å². The van der Waals surface area contributed by atoms with E-state index >= 15 is 0 Å². The fourth-order valence-electron chi connectivity index (χ4n) is 0.754. The molecular formula is C7H11F3N2O. The summed E-state index contributed by atoms with van der Waals surface area (Å²) in [6.07, 6.45) is -6.98. The van der Waals surface area contributed by atoms with Crippen LogP contribution in [0.1, 0.15) is 6.92 Å². The predicted molar refractivity (Wildman–Crippen MR) is 39.8 cm³/mol. The first-order chi connectivity index (χ1) is 5.91. The van der Waals surface area contributed by atoms with Gasteiger partial charge in [-0.3, -0.25) is 4.90 Å². The molecule has 13 heavy (non-hydrogen) atoms. The Bertz CT molecular complexity index is 187. The van der Waals surface area contributed by atoms with Gasteiger partial charge in [0.05, 0.1) is 12.6 Å². The lowest BCUT2D eigenvalue weighted by Gasteiger charge is -2.22. The van der Waals surface area contributed by atoms with Crippen LogP contribution in [0.3, 0.4) is 0 Å². The van der Waals surface area contributed by atoms with Gasteiger partial charge in [0, 0.05) is 6.54 Å². The number of aliphatic hydroxyl groups excluding tert-OH is 1. The lowest BCUT2D eigenvalue weighted by molar-refractivity contribution is -0.207. The summed E-state index contributed by atoms with van der Waals surface area (Å²) in [6, 6.07) is 1.72. The molecule has 0 fully saturated rings. The fourth-order valence-corrected chi connectivity index (χ4v) is 0.754. The monoisotopic (exact) mass is 196 g/mol. The summed E-state index contributed by atoms with van der Waals surface area (Å²) in [5, 5.41) is 16.9. The second-order valence-electron chi connectivity index (χ2n) is 2.54. The van der Waals surface area contributed by atoms with Gasteiger partial charge in [0.1, 0.15) is 0 Å². The number of hydrogen-bond acceptors (Lipinski definition) is 3. The molecule has 0 saturated carbocycles. The number of alkyl halides is 3. The number of rotatable bonds is 4. The Labute approximate surface area is 74.4 Å². The maximum absolute atomic E-state index is 11.8. The van der Waals surface area contributed by atoms with Crippen LogP contribution < -0.4 is 0 Å². The molecule has 1 unspecified atom stereocenters. The summed E-state index contributed by atoms with van der Waals surface area (Å²) in [5.41, 5.74) is 0. The molecule has 0 aromatic rings. The molecule has 0 amide bonds. The second-order valence-corrected chi connectivity index (χ2v) is 2.54. The van der Waals surface area contributed by atoms with Crippen molar-refractivity contribution in [3.8, 4) is 6.07 Å². The third-order valence-corrected chi connectivity index (χ3v) is 1.55. The van der Waals surface area contributed by atoms with E-state index in [9.17, 15) is 13.2 Å². The molecule has 76 valence electrons. The normalized spacial score (nSPS) is 14.2. The number of nitrogens with zero attached hydrogens (tertiary/aromatic N) is 2. The smallest absolute Gasteiger partial charge is 0.382 e.